The van der Waals surface area contributed by atoms with Crippen molar-refractivity contribution < 1.29 is 5.11 Å². The second-order valence-corrected chi connectivity index (χ2v) is 6.60. The van der Waals surface area contributed by atoms with Crippen LogP contribution in [0.3, 0.4) is 0 Å². The molecule has 0 aliphatic heterocycles. The van der Waals surface area contributed by atoms with Crippen LogP contribution < -0.4 is 0 Å². The maximum atomic E-state index is 10.6. The molecule has 1 aromatic rings. The van der Waals surface area contributed by atoms with Crippen molar-refractivity contribution in [2.75, 3.05) is 20.6 Å². The van der Waals surface area contributed by atoms with E-state index in [1.54, 1.807) is 0 Å². The predicted molar refractivity (Wildman–Crippen MR) is 81.2 cm³/mol. The number of rotatable bonds is 3. The molecular formula is C15H21Cl2NO. The molecule has 1 fully saturated rings. The molecule has 4 heteroatoms. The Morgan fingerprint density at radius 2 is 2.00 bits per heavy atom. The Balaban J connectivity index is 2.43. The van der Waals surface area contributed by atoms with Crippen molar-refractivity contribution in [1.29, 1.82) is 0 Å². The number of aliphatic hydroxyl groups excluding tert-OH is 1. The molecule has 0 spiro atoms. The first-order valence-corrected chi connectivity index (χ1v) is 7.49. The average Bonchev–Trinajstić information content (AvgIpc) is 2.35. The van der Waals surface area contributed by atoms with E-state index in [-0.39, 0.29) is 11.5 Å². The SMILES string of the molecule is CN(C)C[C@@]1(c2ccc(Cl)c(Cl)c2)CCCC[C@@H]1O. The van der Waals surface area contributed by atoms with Crippen LogP contribution in [0.2, 0.25) is 10.0 Å². The smallest absolute Gasteiger partial charge is 0.0649 e. The van der Waals surface area contributed by atoms with Gasteiger partial charge in [0.1, 0.15) is 0 Å². The lowest BCUT2D eigenvalue weighted by Gasteiger charge is -2.44. The number of benzene rings is 1. The van der Waals surface area contributed by atoms with Crippen molar-refractivity contribution in [3.63, 3.8) is 0 Å². The summed E-state index contributed by atoms with van der Waals surface area (Å²) >= 11 is 12.2. The summed E-state index contributed by atoms with van der Waals surface area (Å²) in [5, 5.41) is 11.7. The summed E-state index contributed by atoms with van der Waals surface area (Å²) in [6.07, 6.45) is 3.77. The molecule has 0 unspecified atom stereocenters. The molecule has 0 heterocycles. The second-order valence-electron chi connectivity index (χ2n) is 5.78. The minimum absolute atomic E-state index is 0.226. The van der Waals surface area contributed by atoms with Gasteiger partial charge in [0.05, 0.1) is 16.1 Å². The van der Waals surface area contributed by atoms with Crippen LogP contribution in [0.5, 0.6) is 0 Å². The van der Waals surface area contributed by atoms with Crippen LogP contribution in [-0.2, 0) is 5.41 Å². The molecule has 0 saturated heterocycles. The minimum Gasteiger partial charge on any atom is -0.392 e. The van der Waals surface area contributed by atoms with Crippen LogP contribution in [0, 0.1) is 0 Å². The minimum atomic E-state index is -0.319. The standard InChI is InChI=1S/C15H21Cl2NO/c1-18(2)10-15(8-4-3-5-14(15)19)11-6-7-12(16)13(17)9-11/h6-7,9,14,19H,3-5,8,10H2,1-2H3/t14-,15+/m0/s1. The Labute approximate surface area is 125 Å². The highest BCUT2D eigenvalue weighted by molar-refractivity contribution is 6.42. The van der Waals surface area contributed by atoms with Gasteiger partial charge in [0, 0.05) is 12.0 Å². The topological polar surface area (TPSA) is 23.5 Å². The largest absolute Gasteiger partial charge is 0.392 e. The third-order valence-corrected chi connectivity index (χ3v) is 4.82. The van der Waals surface area contributed by atoms with Gasteiger partial charge in [-0.25, -0.2) is 0 Å². The molecule has 106 valence electrons. The lowest BCUT2D eigenvalue weighted by molar-refractivity contribution is 0.0264. The molecule has 1 aliphatic rings. The van der Waals surface area contributed by atoms with E-state index in [9.17, 15) is 5.11 Å². The molecule has 0 amide bonds. The molecule has 1 saturated carbocycles. The van der Waals surface area contributed by atoms with Gasteiger partial charge in [-0.2, -0.15) is 0 Å². The lowest BCUT2D eigenvalue weighted by Crippen LogP contribution is -2.49. The van der Waals surface area contributed by atoms with Gasteiger partial charge >= 0.3 is 0 Å². The zero-order valence-electron chi connectivity index (χ0n) is 11.5. The summed E-state index contributed by atoms with van der Waals surface area (Å²) in [4.78, 5) is 2.14. The molecule has 0 aromatic heterocycles. The van der Waals surface area contributed by atoms with E-state index < -0.39 is 0 Å². The lowest BCUT2D eigenvalue weighted by atomic mass is 9.67. The van der Waals surface area contributed by atoms with E-state index >= 15 is 0 Å². The summed E-state index contributed by atoms with van der Waals surface area (Å²) in [5.41, 5.74) is 0.874. The van der Waals surface area contributed by atoms with Crippen LogP contribution in [0.1, 0.15) is 31.2 Å². The number of likely N-dealkylation sites (N-methyl/N-ethyl adjacent to an activating group) is 1. The Morgan fingerprint density at radius 1 is 1.26 bits per heavy atom. The first-order valence-electron chi connectivity index (χ1n) is 6.74. The quantitative estimate of drug-likeness (QED) is 0.919. The highest BCUT2D eigenvalue weighted by Gasteiger charge is 2.41. The van der Waals surface area contributed by atoms with Crippen molar-refractivity contribution in [2.24, 2.45) is 0 Å². The first kappa shape index (κ1) is 15.1. The van der Waals surface area contributed by atoms with Crippen LogP contribution >= 0.6 is 23.2 Å². The maximum absolute atomic E-state index is 10.6. The molecule has 2 rings (SSSR count). The summed E-state index contributed by atoms with van der Waals surface area (Å²) in [6.45, 7) is 0.826. The van der Waals surface area contributed by atoms with Crippen LogP contribution in [0.4, 0.5) is 0 Å². The Bertz CT molecular complexity index is 450. The van der Waals surface area contributed by atoms with Crippen LogP contribution in [0.25, 0.3) is 0 Å². The monoisotopic (exact) mass is 301 g/mol. The number of hydrogen-bond acceptors (Lipinski definition) is 2. The number of halogens is 2. The molecule has 0 radical (unpaired) electrons. The van der Waals surface area contributed by atoms with Crippen LogP contribution in [0.15, 0.2) is 18.2 Å². The van der Waals surface area contributed by atoms with Crippen molar-refractivity contribution in [2.45, 2.75) is 37.2 Å². The third-order valence-electron chi connectivity index (χ3n) is 4.08. The third kappa shape index (κ3) is 3.08. The van der Waals surface area contributed by atoms with Gasteiger partial charge in [0.15, 0.2) is 0 Å². The number of hydrogen-bond donors (Lipinski definition) is 1. The zero-order valence-corrected chi connectivity index (χ0v) is 13.0. The van der Waals surface area contributed by atoms with E-state index in [1.165, 1.54) is 0 Å². The fourth-order valence-corrected chi connectivity index (χ4v) is 3.50. The number of aliphatic hydroxyl groups is 1. The van der Waals surface area contributed by atoms with Gasteiger partial charge in [-0.3, -0.25) is 0 Å². The molecule has 0 bridgehead atoms. The van der Waals surface area contributed by atoms with Gasteiger partial charge in [-0.1, -0.05) is 42.1 Å². The van der Waals surface area contributed by atoms with E-state index in [1.807, 2.05) is 32.3 Å². The van der Waals surface area contributed by atoms with Crippen LogP contribution in [-0.4, -0.2) is 36.8 Å². The summed E-state index contributed by atoms with van der Waals surface area (Å²) in [6, 6.07) is 5.76. The molecule has 1 aromatic carbocycles. The molecule has 19 heavy (non-hydrogen) atoms. The Hall–Kier alpha value is -0.280. The van der Waals surface area contributed by atoms with Crippen molar-refractivity contribution in [3.05, 3.63) is 33.8 Å². The van der Waals surface area contributed by atoms with Gasteiger partial charge in [-0.05, 0) is 44.6 Å². The molecule has 2 nitrogen and oxygen atoms in total. The normalized spacial score (nSPS) is 27.8. The molecule has 2 atom stereocenters. The predicted octanol–water partition coefficient (Wildman–Crippen LogP) is 3.73. The van der Waals surface area contributed by atoms with Gasteiger partial charge in [0.2, 0.25) is 0 Å². The van der Waals surface area contributed by atoms with E-state index in [2.05, 4.69) is 4.90 Å². The maximum Gasteiger partial charge on any atom is 0.0649 e. The molecular weight excluding hydrogens is 281 g/mol. The Kier molecular flexibility index (Phi) is 4.78. The molecule has 1 aliphatic carbocycles. The zero-order chi connectivity index (χ0) is 14.0. The fourth-order valence-electron chi connectivity index (χ4n) is 3.20. The van der Waals surface area contributed by atoms with Crippen molar-refractivity contribution in [3.8, 4) is 0 Å². The highest BCUT2D eigenvalue weighted by atomic mass is 35.5. The fraction of sp³-hybridized carbons (Fsp3) is 0.600. The van der Waals surface area contributed by atoms with Crippen molar-refractivity contribution >= 4 is 23.2 Å². The van der Waals surface area contributed by atoms with Gasteiger partial charge in [0.25, 0.3) is 0 Å². The van der Waals surface area contributed by atoms with E-state index in [0.717, 1.165) is 37.8 Å². The Morgan fingerprint density at radius 3 is 2.58 bits per heavy atom. The highest BCUT2D eigenvalue weighted by Crippen LogP contribution is 2.41. The summed E-state index contributed by atoms with van der Waals surface area (Å²) in [7, 11) is 4.08. The van der Waals surface area contributed by atoms with E-state index in [4.69, 9.17) is 23.2 Å². The summed E-state index contributed by atoms with van der Waals surface area (Å²) < 4.78 is 0. The van der Waals surface area contributed by atoms with E-state index in [0.29, 0.717) is 10.0 Å². The molecule has 1 N–H and O–H groups in total. The summed E-state index contributed by atoms with van der Waals surface area (Å²) in [5.74, 6) is 0. The number of nitrogens with zero attached hydrogens (tertiary/aromatic N) is 1. The van der Waals surface area contributed by atoms with Gasteiger partial charge in [-0.15, -0.1) is 0 Å². The average molecular weight is 302 g/mol. The van der Waals surface area contributed by atoms with Gasteiger partial charge < -0.3 is 10.0 Å². The van der Waals surface area contributed by atoms with Crippen molar-refractivity contribution in [1.82, 2.24) is 4.90 Å². The first-order chi connectivity index (χ1) is 8.95. The second kappa shape index (κ2) is 6.01.